The van der Waals surface area contributed by atoms with Crippen LogP contribution in [0.4, 0.5) is 11.4 Å². The number of methoxy groups -OCH3 is 1. The molecule has 1 fully saturated rings. The zero-order valence-corrected chi connectivity index (χ0v) is 23.1. The topological polar surface area (TPSA) is 87.2 Å². The number of amides is 1. The van der Waals surface area contributed by atoms with E-state index in [1.165, 1.54) is 11.4 Å². The zero-order valence-electron chi connectivity index (χ0n) is 21.5. The van der Waals surface area contributed by atoms with Gasteiger partial charge in [0.1, 0.15) is 0 Å². The second-order valence-electron chi connectivity index (χ2n) is 9.68. The quantitative estimate of drug-likeness (QED) is 0.465. The summed E-state index contributed by atoms with van der Waals surface area (Å²) < 4.78 is 33.3. The van der Waals surface area contributed by atoms with E-state index in [9.17, 15) is 18.0 Å². The minimum atomic E-state index is -3.67. The first-order valence-corrected chi connectivity index (χ1v) is 14.5. The summed E-state index contributed by atoms with van der Waals surface area (Å²) in [6.45, 7) is 6.29. The van der Waals surface area contributed by atoms with Crippen molar-refractivity contribution >= 4 is 44.9 Å². The molecule has 2 aromatic rings. The van der Waals surface area contributed by atoms with Crippen LogP contribution in [0.2, 0.25) is 5.02 Å². The van der Waals surface area contributed by atoms with Gasteiger partial charge in [-0.3, -0.25) is 9.59 Å². The maximum atomic E-state index is 13.4. The molecule has 8 nitrogen and oxygen atoms in total. The van der Waals surface area contributed by atoms with Gasteiger partial charge < -0.3 is 14.5 Å². The highest BCUT2D eigenvalue weighted by atomic mass is 35.5. The summed E-state index contributed by atoms with van der Waals surface area (Å²) >= 11 is 6.11. The number of sulfonamides is 1. The summed E-state index contributed by atoms with van der Waals surface area (Å²) in [5.74, 6) is -1.01. The molecule has 2 atom stereocenters. The van der Waals surface area contributed by atoms with Gasteiger partial charge in [-0.2, -0.15) is 4.31 Å². The van der Waals surface area contributed by atoms with E-state index < -0.39 is 15.9 Å². The van der Waals surface area contributed by atoms with Crippen LogP contribution in [0.3, 0.4) is 0 Å². The summed E-state index contributed by atoms with van der Waals surface area (Å²) in [6, 6.07) is 12.5. The lowest BCUT2D eigenvalue weighted by Crippen LogP contribution is -2.48. The standard InChI is InChI=1S/C27H34ClN3O5S/c1-4-19(2)24(27(33)36-3)18-26(32)31-11-10-20-16-23(8-9-25(20)31)37(34,35)30-14-12-29(13-15-30)22-7-5-6-21(28)17-22/h5-9,16-17,19,24H,4,10-15,18H2,1-3H3. The number of anilines is 2. The fourth-order valence-corrected chi connectivity index (χ4v) is 6.72. The fraction of sp³-hybridized carbons (Fsp3) is 0.481. The number of hydrogen-bond acceptors (Lipinski definition) is 6. The lowest BCUT2D eigenvalue weighted by Gasteiger charge is -2.35. The molecule has 200 valence electrons. The van der Waals surface area contributed by atoms with Crippen molar-refractivity contribution in [2.75, 3.05) is 49.6 Å². The summed E-state index contributed by atoms with van der Waals surface area (Å²) in [4.78, 5) is 29.4. The molecule has 0 saturated carbocycles. The largest absolute Gasteiger partial charge is 0.469 e. The number of fused-ring (bicyclic) bond motifs is 1. The van der Waals surface area contributed by atoms with Crippen molar-refractivity contribution in [3.8, 4) is 0 Å². The molecule has 2 aromatic carbocycles. The van der Waals surface area contributed by atoms with Gasteiger partial charge >= 0.3 is 5.97 Å². The van der Waals surface area contributed by atoms with Crippen LogP contribution in [0.25, 0.3) is 0 Å². The van der Waals surface area contributed by atoms with Crippen LogP contribution in [0.5, 0.6) is 0 Å². The number of rotatable bonds is 8. The minimum Gasteiger partial charge on any atom is -0.469 e. The molecule has 37 heavy (non-hydrogen) atoms. The Morgan fingerprint density at radius 2 is 1.78 bits per heavy atom. The lowest BCUT2D eigenvalue weighted by molar-refractivity contribution is -0.149. The van der Waals surface area contributed by atoms with Crippen molar-refractivity contribution in [2.24, 2.45) is 11.8 Å². The molecule has 0 aliphatic carbocycles. The fourth-order valence-electron chi connectivity index (χ4n) is 5.06. The van der Waals surface area contributed by atoms with Crippen LogP contribution < -0.4 is 9.80 Å². The van der Waals surface area contributed by atoms with Gasteiger partial charge in [-0.25, -0.2) is 8.42 Å². The number of benzene rings is 2. The maximum Gasteiger partial charge on any atom is 0.309 e. The Labute approximate surface area is 224 Å². The summed E-state index contributed by atoms with van der Waals surface area (Å²) in [6.07, 6.45) is 1.40. The molecular weight excluding hydrogens is 514 g/mol. The van der Waals surface area contributed by atoms with Crippen LogP contribution in [0, 0.1) is 11.8 Å². The molecule has 1 amide bonds. The van der Waals surface area contributed by atoms with Gasteiger partial charge in [-0.1, -0.05) is 37.9 Å². The number of piperazine rings is 1. The van der Waals surface area contributed by atoms with E-state index in [1.54, 1.807) is 23.1 Å². The number of nitrogens with zero attached hydrogens (tertiary/aromatic N) is 3. The lowest BCUT2D eigenvalue weighted by atomic mass is 9.88. The monoisotopic (exact) mass is 547 g/mol. The highest BCUT2D eigenvalue weighted by molar-refractivity contribution is 7.89. The minimum absolute atomic E-state index is 0.0188. The average Bonchev–Trinajstić information content (AvgIpc) is 3.34. The van der Waals surface area contributed by atoms with E-state index in [1.807, 2.05) is 38.1 Å². The Bertz CT molecular complexity index is 1260. The molecule has 0 aromatic heterocycles. The highest BCUT2D eigenvalue weighted by Crippen LogP contribution is 2.33. The van der Waals surface area contributed by atoms with Crippen LogP contribution in [0.15, 0.2) is 47.4 Å². The predicted octanol–water partition coefficient (Wildman–Crippen LogP) is 3.97. The van der Waals surface area contributed by atoms with Crippen LogP contribution in [-0.4, -0.2) is 64.4 Å². The van der Waals surface area contributed by atoms with E-state index in [4.69, 9.17) is 16.3 Å². The molecule has 0 N–H and O–H groups in total. The number of carbonyl (C=O) groups is 2. The number of hydrogen-bond donors (Lipinski definition) is 0. The van der Waals surface area contributed by atoms with Crippen molar-refractivity contribution in [1.82, 2.24) is 4.31 Å². The summed E-state index contributed by atoms with van der Waals surface area (Å²) in [5.41, 5.74) is 2.52. The van der Waals surface area contributed by atoms with Crippen molar-refractivity contribution in [1.29, 1.82) is 0 Å². The van der Waals surface area contributed by atoms with Gasteiger partial charge in [0.05, 0.1) is 17.9 Å². The van der Waals surface area contributed by atoms with Crippen molar-refractivity contribution in [3.63, 3.8) is 0 Å². The molecule has 0 spiro atoms. The normalized spacial score (nSPS) is 17.8. The molecule has 4 rings (SSSR count). The van der Waals surface area contributed by atoms with Gasteiger partial charge in [0.25, 0.3) is 0 Å². The number of carbonyl (C=O) groups excluding carboxylic acids is 2. The molecule has 2 unspecified atom stereocenters. The van der Waals surface area contributed by atoms with Crippen molar-refractivity contribution < 1.29 is 22.7 Å². The van der Waals surface area contributed by atoms with Crippen LogP contribution >= 0.6 is 11.6 Å². The Morgan fingerprint density at radius 1 is 1.05 bits per heavy atom. The van der Waals surface area contributed by atoms with Crippen LogP contribution in [0.1, 0.15) is 32.3 Å². The first-order valence-electron chi connectivity index (χ1n) is 12.7. The number of esters is 1. The molecule has 1 saturated heterocycles. The molecule has 2 aliphatic heterocycles. The average molecular weight is 548 g/mol. The molecule has 2 heterocycles. The maximum absolute atomic E-state index is 13.4. The smallest absolute Gasteiger partial charge is 0.309 e. The molecule has 0 radical (unpaired) electrons. The zero-order chi connectivity index (χ0) is 26.7. The molecule has 0 bridgehead atoms. The van der Waals surface area contributed by atoms with Crippen molar-refractivity contribution in [2.45, 2.75) is 38.0 Å². The van der Waals surface area contributed by atoms with Crippen LogP contribution in [-0.2, 0) is 30.8 Å². The SMILES string of the molecule is CCC(C)C(CC(=O)N1CCc2cc(S(=O)(=O)N3CCN(c4cccc(Cl)c4)CC3)ccc21)C(=O)OC. The Hall–Kier alpha value is -2.62. The molecule has 10 heteroatoms. The van der Waals surface area contributed by atoms with Gasteiger partial charge in [0, 0.05) is 55.5 Å². The van der Waals surface area contributed by atoms with E-state index in [0.717, 1.165) is 17.7 Å². The highest BCUT2D eigenvalue weighted by Gasteiger charge is 2.34. The first-order chi connectivity index (χ1) is 17.6. The Morgan fingerprint density at radius 3 is 2.43 bits per heavy atom. The van der Waals surface area contributed by atoms with Gasteiger partial charge in [0.15, 0.2) is 0 Å². The summed E-state index contributed by atoms with van der Waals surface area (Å²) in [5, 5.41) is 0.652. The second kappa shape index (κ2) is 11.4. The van der Waals surface area contributed by atoms with Crippen molar-refractivity contribution in [3.05, 3.63) is 53.1 Å². The molecular formula is C27H34ClN3O5S. The first kappa shape index (κ1) is 27.4. The predicted molar refractivity (Wildman–Crippen MR) is 145 cm³/mol. The third-order valence-corrected chi connectivity index (χ3v) is 9.66. The number of ether oxygens (including phenoxy) is 1. The van der Waals surface area contributed by atoms with E-state index >= 15 is 0 Å². The third kappa shape index (κ3) is 5.78. The third-order valence-electron chi connectivity index (χ3n) is 7.53. The van der Waals surface area contributed by atoms with E-state index in [2.05, 4.69) is 4.90 Å². The molecule has 2 aliphatic rings. The summed E-state index contributed by atoms with van der Waals surface area (Å²) in [7, 11) is -2.33. The Balaban J connectivity index is 1.45. The Kier molecular flexibility index (Phi) is 8.46. The van der Waals surface area contributed by atoms with E-state index in [0.29, 0.717) is 49.9 Å². The van der Waals surface area contributed by atoms with Gasteiger partial charge in [-0.15, -0.1) is 0 Å². The van der Waals surface area contributed by atoms with Gasteiger partial charge in [-0.05, 0) is 54.3 Å². The van der Waals surface area contributed by atoms with E-state index in [-0.39, 0.29) is 29.1 Å². The number of halogens is 1. The second-order valence-corrected chi connectivity index (χ2v) is 12.1. The van der Waals surface area contributed by atoms with Gasteiger partial charge in [0.2, 0.25) is 15.9 Å².